The van der Waals surface area contributed by atoms with E-state index in [1.807, 2.05) is 37.6 Å². The van der Waals surface area contributed by atoms with Crippen molar-refractivity contribution in [1.82, 2.24) is 14.9 Å². The molecule has 0 aliphatic carbocycles. The molecule has 0 bridgehead atoms. The number of likely N-dealkylation sites (N-methyl/N-ethyl adjacent to an activating group) is 1. The van der Waals surface area contributed by atoms with Crippen LogP contribution < -0.4 is 5.32 Å². The third-order valence-corrected chi connectivity index (χ3v) is 3.32. The molecule has 3 nitrogen and oxygen atoms in total. The minimum absolute atomic E-state index is 0.373. The van der Waals surface area contributed by atoms with Gasteiger partial charge in [-0.3, -0.25) is 0 Å². The van der Waals surface area contributed by atoms with Gasteiger partial charge in [-0.25, -0.2) is 4.98 Å². The SMILES string of the molecule is CNC(C)C(C)n1ccnc1-c1ccccc1. The molecule has 1 heterocycles. The van der Waals surface area contributed by atoms with Crippen LogP contribution in [-0.4, -0.2) is 22.6 Å². The van der Waals surface area contributed by atoms with Gasteiger partial charge in [-0.2, -0.15) is 0 Å². The molecule has 2 rings (SSSR count). The van der Waals surface area contributed by atoms with Gasteiger partial charge in [-0.1, -0.05) is 30.3 Å². The lowest BCUT2D eigenvalue weighted by Crippen LogP contribution is -2.30. The van der Waals surface area contributed by atoms with E-state index in [-0.39, 0.29) is 0 Å². The summed E-state index contributed by atoms with van der Waals surface area (Å²) in [5, 5.41) is 3.28. The van der Waals surface area contributed by atoms with Crippen LogP contribution in [0.2, 0.25) is 0 Å². The molecule has 1 N–H and O–H groups in total. The molecule has 0 saturated heterocycles. The average Bonchev–Trinajstić information content (AvgIpc) is 2.87. The first-order chi connectivity index (χ1) is 8.24. The predicted octanol–water partition coefficient (Wildman–Crippen LogP) is 2.72. The molecular weight excluding hydrogens is 210 g/mol. The topological polar surface area (TPSA) is 29.9 Å². The summed E-state index contributed by atoms with van der Waals surface area (Å²) in [6, 6.07) is 11.1. The Morgan fingerprint density at radius 3 is 2.53 bits per heavy atom. The van der Waals surface area contributed by atoms with E-state index in [1.54, 1.807) is 0 Å². The first kappa shape index (κ1) is 11.9. The largest absolute Gasteiger partial charge is 0.327 e. The second-order valence-electron chi connectivity index (χ2n) is 4.34. The molecule has 0 radical (unpaired) electrons. The summed E-state index contributed by atoms with van der Waals surface area (Å²) in [7, 11) is 1.99. The fourth-order valence-corrected chi connectivity index (χ4v) is 1.93. The van der Waals surface area contributed by atoms with Crippen LogP contribution >= 0.6 is 0 Å². The van der Waals surface area contributed by atoms with Crippen molar-refractivity contribution in [3.05, 3.63) is 42.7 Å². The Morgan fingerprint density at radius 1 is 1.18 bits per heavy atom. The average molecular weight is 229 g/mol. The highest BCUT2D eigenvalue weighted by atomic mass is 15.1. The van der Waals surface area contributed by atoms with Crippen LogP contribution in [0.15, 0.2) is 42.7 Å². The van der Waals surface area contributed by atoms with Crippen molar-refractivity contribution >= 4 is 0 Å². The standard InChI is InChI=1S/C14H19N3/c1-11(15-3)12(2)17-10-9-16-14(17)13-7-5-4-6-8-13/h4-12,15H,1-3H3. The summed E-state index contributed by atoms with van der Waals surface area (Å²) in [5.41, 5.74) is 1.16. The molecule has 0 amide bonds. The van der Waals surface area contributed by atoms with Gasteiger partial charge in [0.15, 0.2) is 0 Å². The van der Waals surface area contributed by atoms with Gasteiger partial charge in [0.2, 0.25) is 0 Å². The zero-order valence-electron chi connectivity index (χ0n) is 10.6. The van der Waals surface area contributed by atoms with Gasteiger partial charge in [0.05, 0.1) is 0 Å². The Balaban J connectivity index is 2.35. The maximum atomic E-state index is 4.46. The number of aromatic nitrogens is 2. The van der Waals surface area contributed by atoms with E-state index in [0.717, 1.165) is 11.4 Å². The van der Waals surface area contributed by atoms with E-state index in [0.29, 0.717) is 12.1 Å². The monoisotopic (exact) mass is 229 g/mol. The molecule has 1 aromatic carbocycles. The van der Waals surface area contributed by atoms with Gasteiger partial charge in [-0.15, -0.1) is 0 Å². The van der Waals surface area contributed by atoms with Crippen LogP contribution in [0, 0.1) is 0 Å². The van der Waals surface area contributed by atoms with Crippen LogP contribution in [-0.2, 0) is 0 Å². The van der Waals surface area contributed by atoms with E-state index < -0.39 is 0 Å². The highest BCUT2D eigenvalue weighted by molar-refractivity contribution is 5.55. The highest BCUT2D eigenvalue weighted by Crippen LogP contribution is 2.22. The van der Waals surface area contributed by atoms with Crippen LogP contribution in [0.4, 0.5) is 0 Å². The molecule has 3 heteroatoms. The third-order valence-electron chi connectivity index (χ3n) is 3.32. The molecular formula is C14H19N3. The van der Waals surface area contributed by atoms with Gasteiger partial charge < -0.3 is 9.88 Å². The van der Waals surface area contributed by atoms with E-state index >= 15 is 0 Å². The fourth-order valence-electron chi connectivity index (χ4n) is 1.93. The number of hydrogen-bond donors (Lipinski definition) is 1. The summed E-state index contributed by atoms with van der Waals surface area (Å²) in [6.45, 7) is 4.38. The van der Waals surface area contributed by atoms with Crippen LogP contribution in [0.5, 0.6) is 0 Å². The number of benzene rings is 1. The van der Waals surface area contributed by atoms with Crippen LogP contribution in [0.1, 0.15) is 19.9 Å². The third kappa shape index (κ3) is 2.39. The summed E-state index contributed by atoms with van der Waals surface area (Å²) < 4.78 is 2.22. The minimum Gasteiger partial charge on any atom is -0.327 e. The number of imidazole rings is 1. The molecule has 1 aromatic heterocycles. The van der Waals surface area contributed by atoms with Gasteiger partial charge in [0.25, 0.3) is 0 Å². The van der Waals surface area contributed by atoms with Crippen molar-refractivity contribution in [3.8, 4) is 11.4 Å². The summed E-state index contributed by atoms with van der Waals surface area (Å²) in [5.74, 6) is 1.03. The summed E-state index contributed by atoms with van der Waals surface area (Å²) in [6.07, 6.45) is 3.90. The summed E-state index contributed by atoms with van der Waals surface area (Å²) in [4.78, 5) is 4.46. The lowest BCUT2D eigenvalue weighted by molar-refractivity contribution is 0.418. The zero-order chi connectivity index (χ0) is 12.3. The predicted molar refractivity (Wildman–Crippen MR) is 70.9 cm³/mol. The molecule has 90 valence electrons. The Kier molecular flexibility index (Phi) is 3.59. The zero-order valence-corrected chi connectivity index (χ0v) is 10.6. The van der Waals surface area contributed by atoms with Crippen molar-refractivity contribution in [1.29, 1.82) is 0 Å². The summed E-state index contributed by atoms with van der Waals surface area (Å²) >= 11 is 0. The van der Waals surface area contributed by atoms with Gasteiger partial charge >= 0.3 is 0 Å². The van der Waals surface area contributed by atoms with E-state index in [1.165, 1.54) is 0 Å². The smallest absolute Gasteiger partial charge is 0.140 e. The molecule has 0 spiro atoms. The van der Waals surface area contributed by atoms with Crippen molar-refractivity contribution in [2.45, 2.75) is 25.9 Å². The van der Waals surface area contributed by atoms with Crippen molar-refractivity contribution in [2.24, 2.45) is 0 Å². The Hall–Kier alpha value is -1.61. The Labute approximate surface area is 103 Å². The van der Waals surface area contributed by atoms with E-state index in [9.17, 15) is 0 Å². The maximum absolute atomic E-state index is 4.46. The van der Waals surface area contributed by atoms with Crippen molar-refractivity contribution in [3.63, 3.8) is 0 Å². The maximum Gasteiger partial charge on any atom is 0.140 e. The van der Waals surface area contributed by atoms with Crippen molar-refractivity contribution < 1.29 is 0 Å². The van der Waals surface area contributed by atoms with Gasteiger partial charge in [-0.05, 0) is 20.9 Å². The highest BCUT2D eigenvalue weighted by Gasteiger charge is 2.15. The molecule has 2 aromatic rings. The second-order valence-corrected chi connectivity index (χ2v) is 4.34. The first-order valence-corrected chi connectivity index (χ1v) is 5.99. The molecule has 0 aliphatic rings. The second kappa shape index (κ2) is 5.15. The first-order valence-electron chi connectivity index (χ1n) is 5.99. The van der Waals surface area contributed by atoms with Gasteiger partial charge in [0, 0.05) is 30.0 Å². The number of hydrogen-bond acceptors (Lipinski definition) is 2. The van der Waals surface area contributed by atoms with Crippen molar-refractivity contribution in [2.75, 3.05) is 7.05 Å². The molecule has 0 aliphatic heterocycles. The van der Waals surface area contributed by atoms with Crippen LogP contribution in [0.25, 0.3) is 11.4 Å². The lowest BCUT2D eigenvalue weighted by atomic mass is 10.1. The molecule has 2 unspecified atom stereocenters. The normalized spacial score (nSPS) is 14.5. The molecule has 17 heavy (non-hydrogen) atoms. The quantitative estimate of drug-likeness (QED) is 0.873. The van der Waals surface area contributed by atoms with E-state index in [4.69, 9.17) is 0 Å². The number of nitrogens with one attached hydrogen (secondary N) is 1. The van der Waals surface area contributed by atoms with E-state index in [2.05, 4.69) is 40.8 Å². The lowest BCUT2D eigenvalue weighted by Gasteiger charge is -2.22. The molecule has 2 atom stereocenters. The fraction of sp³-hybridized carbons (Fsp3) is 0.357. The Bertz CT molecular complexity index is 461. The minimum atomic E-state index is 0.373. The van der Waals surface area contributed by atoms with Crippen LogP contribution in [0.3, 0.4) is 0 Å². The number of nitrogens with zero attached hydrogens (tertiary/aromatic N) is 2. The molecule has 0 fully saturated rings. The number of rotatable bonds is 4. The Morgan fingerprint density at radius 2 is 1.88 bits per heavy atom. The van der Waals surface area contributed by atoms with Gasteiger partial charge in [0.1, 0.15) is 5.82 Å². The molecule has 0 saturated carbocycles.